The zero-order chi connectivity index (χ0) is 12.8. The molecule has 1 unspecified atom stereocenters. The minimum absolute atomic E-state index is 0.309. The molecule has 1 aromatic heterocycles. The summed E-state index contributed by atoms with van der Waals surface area (Å²) in [5, 5.41) is 15.2. The normalized spacial score (nSPS) is 12.9. The Hall–Kier alpha value is -0.940. The molecule has 0 saturated heterocycles. The van der Waals surface area contributed by atoms with Crippen molar-refractivity contribution in [2.45, 2.75) is 33.7 Å². The maximum absolute atomic E-state index is 11.0. The van der Waals surface area contributed by atoms with Crippen molar-refractivity contribution in [2.75, 3.05) is 6.54 Å². The van der Waals surface area contributed by atoms with Crippen molar-refractivity contribution in [1.82, 2.24) is 10.3 Å². The van der Waals surface area contributed by atoms with Gasteiger partial charge in [-0.05, 0) is 19.3 Å². The zero-order valence-corrected chi connectivity index (χ0v) is 11.4. The summed E-state index contributed by atoms with van der Waals surface area (Å²) in [5.41, 5.74) is 1.02. The fourth-order valence-corrected chi connectivity index (χ4v) is 2.42. The van der Waals surface area contributed by atoms with Crippen LogP contribution in [-0.4, -0.2) is 22.6 Å². The number of rotatable bonds is 7. The van der Waals surface area contributed by atoms with Crippen molar-refractivity contribution in [2.24, 2.45) is 11.8 Å². The van der Waals surface area contributed by atoms with Crippen molar-refractivity contribution >= 4 is 17.3 Å². The minimum Gasteiger partial charge on any atom is -0.481 e. The lowest BCUT2D eigenvalue weighted by molar-refractivity contribution is -0.142. The molecule has 0 spiro atoms. The summed E-state index contributed by atoms with van der Waals surface area (Å²) in [6.07, 6.45) is 0.708. The van der Waals surface area contributed by atoms with E-state index >= 15 is 0 Å². The number of hydrogen-bond donors (Lipinski definition) is 2. The predicted octanol–water partition coefficient (Wildman–Crippen LogP) is 2.29. The molecule has 0 aromatic carbocycles. The molecule has 1 atom stereocenters. The molecule has 96 valence electrons. The molecule has 17 heavy (non-hydrogen) atoms. The Kier molecular flexibility index (Phi) is 5.58. The number of carboxylic acid groups (broad SMARTS) is 1. The van der Waals surface area contributed by atoms with Gasteiger partial charge in [0.1, 0.15) is 5.01 Å². The Morgan fingerprint density at radius 3 is 2.76 bits per heavy atom. The Labute approximate surface area is 106 Å². The highest BCUT2D eigenvalue weighted by molar-refractivity contribution is 7.09. The molecule has 5 heteroatoms. The molecule has 0 aliphatic rings. The monoisotopic (exact) mass is 256 g/mol. The van der Waals surface area contributed by atoms with Gasteiger partial charge >= 0.3 is 5.97 Å². The maximum Gasteiger partial charge on any atom is 0.307 e. The third kappa shape index (κ3) is 5.28. The number of aliphatic carboxylic acids is 1. The SMILES string of the molecule is Cc1csc(CNCC(CC(C)C)C(=O)O)n1. The Morgan fingerprint density at radius 1 is 1.59 bits per heavy atom. The van der Waals surface area contributed by atoms with Crippen LogP contribution in [0.2, 0.25) is 0 Å². The third-order valence-electron chi connectivity index (χ3n) is 2.44. The number of aromatic nitrogens is 1. The van der Waals surface area contributed by atoms with E-state index < -0.39 is 5.97 Å². The summed E-state index contributed by atoms with van der Waals surface area (Å²) in [6.45, 7) is 7.20. The van der Waals surface area contributed by atoms with Crippen LogP contribution in [0.3, 0.4) is 0 Å². The summed E-state index contributed by atoms with van der Waals surface area (Å²) in [5.74, 6) is -0.627. The van der Waals surface area contributed by atoms with Crippen LogP contribution in [0.5, 0.6) is 0 Å². The number of nitrogens with one attached hydrogen (secondary N) is 1. The molecule has 0 aliphatic carbocycles. The van der Waals surface area contributed by atoms with Gasteiger partial charge in [-0.1, -0.05) is 13.8 Å². The molecule has 0 bridgehead atoms. The number of aryl methyl sites for hydroxylation is 1. The molecular weight excluding hydrogens is 236 g/mol. The average Bonchev–Trinajstić information content (AvgIpc) is 2.62. The summed E-state index contributed by atoms with van der Waals surface area (Å²) >= 11 is 1.60. The van der Waals surface area contributed by atoms with Gasteiger partial charge < -0.3 is 10.4 Å². The molecule has 1 rings (SSSR count). The summed E-state index contributed by atoms with van der Waals surface area (Å²) in [4.78, 5) is 15.4. The first kappa shape index (κ1) is 14.1. The number of thiazole rings is 1. The van der Waals surface area contributed by atoms with Crippen LogP contribution in [0.25, 0.3) is 0 Å². The van der Waals surface area contributed by atoms with Crippen LogP contribution < -0.4 is 5.32 Å². The molecule has 0 fully saturated rings. The van der Waals surface area contributed by atoms with Crippen molar-refractivity contribution < 1.29 is 9.90 Å². The quantitative estimate of drug-likeness (QED) is 0.785. The van der Waals surface area contributed by atoms with Crippen molar-refractivity contribution in [3.8, 4) is 0 Å². The number of hydrogen-bond acceptors (Lipinski definition) is 4. The Balaban J connectivity index is 2.34. The molecule has 1 heterocycles. The third-order valence-corrected chi connectivity index (χ3v) is 3.41. The summed E-state index contributed by atoms with van der Waals surface area (Å²) < 4.78 is 0. The standard InChI is InChI=1S/C12H20N2O2S/c1-8(2)4-10(12(15)16)5-13-6-11-14-9(3)7-17-11/h7-8,10,13H,4-6H2,1-3H3,(H,15,16). The number of nitrogens with zero attached hydrogens (tertiary/aromatic N) is 1. The second kappa shape index (κ2) is 6.71. The van der Waals surface area contributed by atoms with Crippen LogP contribution in [0.15, 0.2) is 5.38 Å². The van der Waals surface area contributed by atoms with Gasteiger partial charge in [0.25, 0.3) is 0 Å². The van der Waals surface area contributed by atoms with E-state index in [0.29, 0.717) is 25.4 Å². The Bertz CT molecular complexity index is 363. The molecule has 0 saturated carbocycles. The topological polar surface area (TPSA) is 62.2 Å². The molecule has 0 amide bonds. The van der Waals surface area contributed by atoms with Gasteiger partial charge in [0.2, 0.25) is 0 Å². The van der Waals surface area contributed by atoms with Gasteiger partial charge in [-0.2, -0.15) is 0 Å². The van der Waals surface area contributed by atoms with Crippen LogP contribution in [0.4, 0.5) is 0 Å². The van der Waals surface area contributed by atoms with Gasteiger partial charge in [-0.15, -0.1) is 11.3 Å². The van der Waals surface area contributed by atoms with Crippen molar-refractivity contribution in [3.05, 3.63) is 16.1 Å². The van der Waals surface area contributed by atoms with Gasteiger partial charge in [-0.3, -0.25) is 4.79 Å². The van der Waals surface area contributed by atoms with E-state index in [4.69, 9.17) is 5.11 Å². The highest BCUT2D eigenvalue weighted by atomic mass is 32.1. The first-order chi connectivity index (χ1) is 7.99. The minimum atomic E-state index is -0.721. The number of carboxylic acids is 1. The van der Waals surface area contributed by atoms with E-state index in [1.165, 1.54) is 0 Å². The van der Waals surface area contributed by atoms with Gasteiger partial charge in [-0.25, -0.2) is 4.98 Å². The van der Waals surface area contributed by atoms with Crippen molar-refractivity contribution in [3.63, 3.8) is 0 Å². The van der Waals surface area contributed by atoms with Crippen molar-refractivity contribution in [1.29, 1.82) is 0 Å². The van der Waals surface area contributed by atoms with Gasteiger partial charge in [0.05, 0.1) is 5.92 Å². The van der Waals surface area contributed by atoms with Gasteiger partial charge in [0.15, 0.2) is 0 Å². The molecule has 2 N–H and O–H groups in total. The van der Waals surface area contributed by atoms with Gasteiger partial charge in [0, 0.05) is 24.2 Å². The van der Waals surface area contributed by atoms with Crippen LogP contribution in [-0.2, 0) is 11.3 Å². The largest absolute Gasteiger partial charge is 0.481 e. The van der Waals surface area contributed by atoms with Crippen LogP contribution in [0, 0.1) is 18.8 Å². The van der Waals surface area contributed by atoms with Crippen LogP contribution in [0.1, 0.15) is 31.0 Å². The van der Waals surface area contributed by atoms with E-state index in [2.05, 4.69) is 10.3 Å². The molecule has 0 radical (unpaired) electrons. The van der Waals surface area contributed by atoms with Crippen LogP contribution >= 0.6 is 11.3 Å². The zero-order valence-electron chi connectivity index (χ0n) is 10.6. The molecule has 1 aromatic rings. The lowest BCUT2D eigenvalue weighted by Gasteiger charge is -2.14. The molecule has 4 nitrogen and oxygen atoms in total. The fraction of sp³-hybridized carbons (Fsp3) is 0.667. The smallest absolute Gasteiger partial charge is 0.307 e. The highest BCUT2D eigenvalue weighted by Gasteiger charge is 2.18. The van der Waals surface area contributed by atoms with E-state index in [1.54, 1.807) is 11.3 Å². The maximum atomic E-state index is 11.0. The highest BCUT2D eigenvalue weighted by Crippen LogP contribution is 2.12. The lowest BCUT2D eigenvalue weighted by atomic mass is 9.97. The first-order valence-corrected chi connectivity index (χ1v) is 6.71. The second-order valence-electron chi connectivity index (χ2n) is 4.68. The lowest BCUT2D eigenvalue weighted by Crippen LogP contribution is -2.29. The fourth-order valence-electron chi connectivity index (χ4n) is 1.68. The average molecular weight is 256 g/mol. The first-order valence-electron chi connectivity index (χ1n) is 5.83. The van der Waals surface area contributed by atoms with E-state index in [9.17, 15) is 4.79 Å². The van der Waals surface area contributed by atoms with E-state index in [1.807, 2.05) is 26.2 Å². The summed E-state index contributed by atoms with van der Waals surface area (Å²) in [7, 11) is 0. The second-order valence-corrected chi connectivity index (χ2v) is 5.62. The number of carbonyl (C=O) groups is 1. The summed E-state index contributed by atoms with van der Waals surface area (Å²) in [6, 6.07) is 0. The van der Waals surface area contributed by atoms with E-state index in [-0.39, 0.29) is 5.92 Å². The molecule has 0 aliphatic heterocycles. The Morgan fingerprint density at radius 2 is 2.29 bits per heavy atom. The molecular formula is C12H20N2O2S. The predicted molar refractivity (Wildman–Crippen MR) is 69.1 cm³/mol. The van der Waals surface area contributed by atoms with E-state index in [0.717, 1.165) is 10.7 Å².